The van der Waals surface area contributed by atoms with Gasteiger partial charge in [0, 0.05) is 35.7 Å². The van der Waals surface area contributed by atoms with E-state index in [0.29, 0.717) is 25.2 Å². The molecule has 0 aromatic heterocycles. The van der Waals surface area contributed by atoms with Crippen LogP contribution >= 0.6 is 11.8 Å². The van der Waals surface area contributed by atoms with Gasteiger partial charge in [0.15, 0.2) is 0 Å². The Hall–Kier alpha value is -1.58. The summed E-state index contributed by atoms with van der Waals surface area (Å²) >= 11 is 1.53. The van der Waals surface area contributed by atoms with Gasteiger partial charge < -0.3 is 10.2 Å². The van der Waals surface area contributed by atoms with E-state index >= 15 is 0 Å². The number of fused-ring (bicyclic) bond motifs is 1. The lowest BCUT2D eigenvalue weighted by Crippen LogP contribution is -2.43. The van der Waals surface area contributed by atoms with Crippen LogP contribution < -0.4 is 10.2 Å². The summed E-state index contributed by atoms with van der Waals surface area (Å²) in [6.45, 7) is 6.59. The van der Waals surface area contributed by atoms with Gasteiger partial charge in [-0.3, -0.25) is 9.59 Å². The van der Waals surface area contributed by atoms with E-state index in [9.17, 15) is 18.0 Å². The van der Waals surface area contributed by atoms with E-state index in [1.165, 1.54) is 21.0 Å². The number of nitrogens with zero attached hydrogens (tertiary/aromatic N) is 2. The van der Waals surface area contributed by atoms with Crippen molar-refractivity contribution in [3.8, 4) is 0 Å². The molecule has 2 aliphatic heterocycles. The van der Waals surface area contributed by atoms with Crippen molar-refractivity contribution in [3.63, 3.8) is 0 Å². The third-order valence-corrected chi connectivity index (χ3v) is 8.08. The Morgan fingerprint density at radius 2 is 1.93 bits per heavy atom. The minimum atomic E-state index is -3.62. The Morgan fingerprint density at radius 3 is 2.59 bits per heavy atom. The van der Waals surface area contributed by atoms with Gasteiger partial charge in [0.2, 0.25) is 21.8 Å². The number of piperidine rings is 1. The smallest absolute Gasteiger partial charge is 0.243 e. The first kappa shape index (κ1) is 22.1. The Labute approximate surface area is 177 Å². The molecular weight excluding hydrogens is 410 g/mol. The van der Waals surface area contributed by atoms with E-state index < -0.39 is 10.0 Å². The summed E-state index contributed by atoms with van der Waals surface area (Å²) in [7, 11) is -3.62. The molecule has 2 amide bonds. The first-order valence-electron chi connectivity index (χ1n) is 10.1. The van der Waals surface area contributed by atoms with Crippen LogP contribution in [0.4, 0.5) is 5.69 Å². The molecule has 0 spiro atoms. The van der Waals surface area contributed by atoms with E-state index in [1.54, 1.807) is 18.2 Å². The van der Waals surface area contributed by atoms with Crippen LogP contribution in [0, 0.1) is 0 Å². The van der Waals surface area contributed by atoms with Crippen molar-refractivity contribution in [2.24, 2.45) is 0 Å². The zero-order valence-electron chi connectivity index (χ0n) is 17.2. The first-order chi connectivity index (χ1) is 13.7. The van der Waals surface area contributed by atoms with E-state index in [1.807, 2.05) is 20.8 Å². The molecule has 0 aliphatic carbocycles. The van der Waals surface area contributed by atoms with Gasteiger partial charge in [-0.05, 0) is 44.9 Å². The fourth-order valence-corrected chi connectivity index (χ4v) is 6.29. The summed E-state index contributed by atoms with van der Waals surface area (Å²) in [4.78, 5) is 27.6. The van der Waals surface area contributed by atoms with Crippen molar-refractivity contribution in [3.05, 3.63) is 18.2 Å². The van der Waals surface area contributed by atoms with Crippen LogP contribution in [0.2, 0.25) is 0 Å². The van der Waals surface area contributed by atoms with Crippen molar-refractivity contribution in [1.29, 1.82) is 0 Å². The summed E-state index contributed by atoms with van der Waals surface area (Å²) < 4.78 is 27.7. The third kappa shape index (κ3) is 5.13. The Bertz CT molecular complexity index is 880. The summed E-state index contributed by atoms with van der Waals surface area (Å²) in [5, 5.41) is 2.85. The highest BCUT2D eigenvalue weighted by Crippen LogP contribution is 2.39. The minimum Gasteiger partial charge on any atom is -0.352 e. The maximum absolute atomic E-state index is 13.1. The monoisotopic (exact) mass is 439 g/mol. The molecule has 1 saturated heterocycles. The van der Waals surface area contributed by atoms with Gasteiger partial charge in [-0.25, -0.2) is 8.42 Å². The van der Waals surface area contributed by atoms with E-state index in [4.69, 9.17) is 0 Å². The van der Waals surface area contributed by atoms with Gasteiger partial charge in [0.25, 0.3) is 0 Å². The predicted octanol–water partition coefficient (Wildman–Crippen LogP) is 2.60. The highest BCUT2D eigenvalue weighted by atomic mass is 32.2. The highest BCUT2D eigenvalue weighted by Gasteiger charge is 2.31. The number of rotatable bonds is 5. The molecule has 1 atom stereocenters. The fraction of sp³-hybridized carbons (Fsp3) is 0.600. The lowest BCUT2D eigenvalue weighted by Gasteiger charge is -2.27. The molecule has 7 nitrogen and oxygen atoms in total. The molecule has 29 heavy (non-hydrogen) atoms. The second-order valence-electron chi connectivity index (χ2n) is 7.93. The van der Waals surface area contributed by atoms with E-state index in [2.05, 4.69) is 5.32 Å². The standard InChI is InChI=1S/C20H29N3O4S2/c1-14(2)21-19(24)13-23-17-12-16(29(26,27)22-9-5-4-6-10-22)7-8-18(17)28-15(3)11-20(23)25/h7-8,12,14-15H,4-6,9-11,13H2,1-3H3,(H,21,24)/t15-/m0/s1. The van der Waals surface area contributed by atoms with Crippen LogP contribution in [0.25, 0.3) is 0 Å². The first-order valence-corrected chi connectivity index (χ1v) is 12.4. The second-order valence-corrected chi connectivity index (χ2v) is 11.3. The zero-order chi connectivity index (χ0) is 21.2. The molecule has 1 aromatic rings. The Kier molecular flexibility index (Phi) is 6.90. The van der Waals surface area contributed by atoms with Gasteiger partial charge in [-0.15, -0.1) is 11.8 Å². The maximum Gasteiger partial charge on any atom is 0.243 e. The third-order valence-electron chi connectivity index (χ3n) is 5.02. The average Bonchev–Trinajstić information content (AvgIpc) is 2.77. The summed E-state index contributed by atoms with van der Waals surface area (Å²) in [5.74, 6) is -0.432. The predicted molar refractivity (Wildman–Crippen MR) is 115 cm³/mol. The largest absolute Gasteiger partial charge is 0.352 e. The van der Waals surface area contributed by atoms with Crippen molar-refractivity contribution >= 4 is 39.3 Å². The number of anilines is 1. The van der Waals surface area contributed by atoms with Crippen LogP contribution in [-0.2, 0) is 19.6 Å². The average molecular weight is 440 g/mol. The summed E-state index contributed by atoms with van der Waals surface area (Å²) in [6, 6.07) is 4.90. The summed E-state index contributed by atoms with van der Waals surface area (Å²) in [5.41, 5.74) is 0.501. The van der Waals surface area contributed by atoms with Gasteiger partial charge >= 0.3 is 0 Å². The number of sulfonamides is 1. The Morgan fingerprint density at radius 1 is 1.24 bits per heavy atom. The van der Waals surface area contributed by atoms with Crippen molar-refractivity contribution in [2.75, 3.05) is 24.5 Å². The number of hydrogen-bond donors (Lipinski definition) is 1. The maximum atomic E-state index is 13.1. The van der Waals surface area contributed by atoms with Crippen LogP contribution in [0.3, 0.4) is 0 Å². The minimum absolute atomic E-state index is 0.0387. The number of amides is 2. The zero-order valence-corrected chi connectivity index (χ0v) is 18.8. The normalized spacial score (nSPS) is 21.0. The van der Waals surface area contributed by atoms with Crippen molar-refractivity contribution in [2.45, 2.75) is 67.5 Å². The van der Waals surface area contributed by atoms with Crippen LogP contribution in [0.1, 0.15) is 46.5 Å². The number of carbonyl (C=O) groups is 2. The molecule has 1 fully saturated rings. The molecule has 2 heterocycles. The van der Waals surface area contributed by atoms with Crippen LogP contribution in [-0.4, -0.2) is 55.5 Å². The molecule has 2 aliphatic rings. The van der Waals surface area contributed by atoms with Crippen molar-refractivity contribution < 1.29 is 18.0 Å². The van der Waals surface area contributed by atoms with E-state index in [-0.39, 0.29) is 34.5 Å². The lowest BCUT2D eigenvalue weighted by atomic mass is 10.2. The number of benzene rings is 1. The number of carbonyl (C=O) groups excluding carboxylic acids is 2. The van der Waals surface area contributed by atoms with Gasteiger partial charge in [0.05, 0.1) is 10.6 Å². The number of nitrogens with one attached hydrogen (secondary N) is 1. The molecule has 0 radical (unpaired) electrons. The molecule has 1 aromatic carbocycles. The van der Waals surface area contributed by atoms with Crippen LogP contribution in [0.5, 0.6) is 0 Å². The number of hydrogen-bond acceptors (Lipinski definition) is 5. The quantitative estimate of drug-likeness (QED) is 0.762. The Balaban J connectivity index is 1.98. The van der Waals surface area contributed by atoms with Crippen LogP contribution in [0.15, 0.2) is 28.0 Å². The molecule has 1 N–H and O–H groups in total. The van der Waals surface area contributed by atoms with Gasteiger partial charge in [0.1, 0.15) is 6.54 Å². The summed E-state index contributed by atoms with van der Waals surface area (Å²) in [6.07, 6.45) is 3.05. The molecule has 3 rings (SSSR count). The van der Waals surface area contributed by atoms with Gasteiger partial charge in [-0.1, -0.05) is 13.3 Å². The van der Waals surface area contributed by atoms with Crippen molar-refractivity contribution in [1.82, 2.24) is 9.62 Å². The SMILES string of the molecule is CC(C)NC(=O)CN1C(=O)C[C@H](C)Sc2ccc(S(=O)(=O)N3CCCCC3)cc21. The lowest BCUT2D eigenvalue weighted by molar-refractivity contribution is -0.124. The molecule has 0 saturated carbocycles. The topological polar surface area (TPSA) is 86.8 Å². The van der Waals surface area contributed by atoms with Gasteiger partial charge in [-0.2, -0.15) is 4.31 Å². The highest BCUT2D eigenvalue weighted by molar-refractivity contribution is 8.00. The fourth-order valence-electron chi connectivity index (χ4n) is 3.66. The molecular formula is C20H29N3O4S2. The molecule has 0 bridgehead atoms. The molecule has 160 valence electrons. The molecule has 0 unspecified atom stereocenters. The number of thioether (sulfide) groups is 1. The molecule has 9 heteroatoms. The van der Waals surface area contributed by atoms with E-state index in [0.717, 1.165) is 24.2 Å². The second kappa shape index (κ2) is 9.06.